The molecule has 4 rings (SSSR count). The van der Waals surface area contributed by atoms with Gasteiger partial charge in [0.1, 0.15) is 18.2 Å². The van der Waals surface area contributed by atoms with Crippen LogP contribution in [0.1, 0.15) is 11.3 Å². The normalized spacial score (nSPS) is 14.3. The molecule has 1 aliphatic rings. The lowest BCUT2D eigenvalue weighted by Crippen LogP contribution is -2.35. The van der Waals surface area contributed by atoms with Crippen molar-refractivity contribution in [1.82, 2.24) is 4.57 Å². The Balaban J connectivity index is 1.64. The van der Waals surface area contributed by atoms with Crippen LogP contribution in [0.5, 0.6) is 0 Å². The second-order valence-electron chi connectivity index (χ2n) is 6.83. The highest BCUT2D eigenvalue weighted by atomic mass is 35.5. The zero-order valence-corrected chi connectivity index (χ0v) is 16.6. The third kappa shape index (κ3) is 3.71. The van der Waals surface area contributed by atoms with Gasteiger partial charge in [0.2, 0.25) is 5.91 Å². The fraction of sp³-hybridized carbons (Fsp3) is 0.0909. The molecule has 0 saturated heterocycles. The number of amides is 2. The molecule has 1 N–H and O–H groups in total. The van der Waals surface area contributed by atoms with Crippen LogP contribution in [0.3, 0.4) is 0 Å². The Morgan fingerprint density at radius 2 is 1.97 bits per heavy atom. The summed E-state index contributed by atoms with van der Waals surface area (Å²) in [6.07, 6.45) is 3.59. The zero-order chi connectivity index (χ0) is 21.4. The molecule has 3 aromatic rings. The van der Waals surface area contributed by atoms with E-state index < -0.39 is 17.5 Å². The van der Waals surface area contributed by atoms with E-state index in [2.05, 4.69) is 5.32 Å². The monoisotopic (exact) mass is 427 g/mol. The van der Waals surface area contributed by atoms with Crippen LogP contribution >= 0.6 is 11.6 Å². The molecule has 0 bridgehead atoms. The number of carbonyl (C=O) groups is 2. The van der Waals surface area contributed by atoms with Gasteiger partial charge in [0.25, 0.3) is 5.91 Å². The van der Waals surface area contributed by atoms with Crippen molar-refractivity contribution in [2.24, 2.45) is 7.05 Å². The summed E-state index contributed by atoms with van der Waals surface area (Å²) in [5, 5.41) is 2.83. The van der Waals surface area contributed by atoms with Gasteiger partial charge in [-0.1, -0.05) is 11.6 Å². The lowest BCUT2D eigenvalue weighted by molar-refractivity contribution is -0.118. The number of carbonyl (C=O) groups excluding carboxylic acids is 2. The van der Waals surface area contributed by atoms with Crippen molar-refractivity contribution in [3.8, 4) is 0 Å². The molecule has 30 heavy (non-hydrogen) atoms. The highest BCUT2D eigenvalue weighted by molar-refractivity contribution is 6.38. The molecule has 0 atom stereocenters. The van der Waals surface area contributed by atoms with Gasteiger partial charge in [0, 0.05) is 35.6 Å². The number of hydrogen-bond acceptors (Lipinski definition) is 2. The number of benzene rings is 2. The molecule has 1 aliphatic heterocycles. The largest absolute Gasteiger partial charge is 0.351 e. The summed E-state index contributed by atoms with van der Waals surface area (Å²) in [5.41, 5.74) is 2.18. The van der Waals surface area contributed by atoms with Crippen LogP contribution in [0, 0.1) is 11.6 Å². The highest BCUT2D eigenvalue weighted by Gasteiger charge is 2.34. The van der Waals surface area contributed by atoms with Crippen LogP contribution in [0.15, 0.2) is 54.7 Å². The number of hydrogen-bond donors (Lipinski definition) is 1. The first-order chi connectivity index (χ1) is 14.3. The van der Waals surface area contributed by atoms with E-state index in [1.807, 2.05) is 29.9 Å². The first-order valence-electron chi connectivity index (χ1n) is 9.03. The number of rotatable bonds is 4. The van der Waals surface area contributed by atoms with Gasteiger partial charge in [-0.25, -0.2) is 8.78 Å². The SMILES string of the molecule is Cn1cccc1/C=C1/C(=O)N(CC(=O)Nc2ccc(F)cc2F)c2ccc(Cl)cc21. The molecular weight excluding hydrogens is 412 g/mol. The summed E-state index contributed by atoms with van der Waals surface area (Å²) in [6.45, 7) is -0.339. The smallest absolute Gasteiger partial charge is 0.259 e. The summed E-state index contributed by atoms with van der Waals surface area (Å²) in [7, 11) is 1.85. The second-order valence-corrected chi connectivity index (χ2v) is 7.26. The summed E-state index contributed by atoms with van der Waals surface area (Å²) < 4.78 is 28.8. The predicted molar refractivity (Wildman–Crippen MR) is 112 cm³/mol. The number of aryl methyl sites for hydroxylation is 1. The maximum atomic E-state index is 13.8. The number of nitrogens with zero attached hydrogens (tertiary/aromatic N) is 2. The Labute approximate surface area is 176 Å². The van der Waals surface area contributed by atoms with Gasteiger partial charge >= 0.3 is 0 Å². The number of fused-ring (bicyclic) bond motifs is 1. The van der Waals surface area contributed by atoms with Gasteiger partial charge in [0.05, 0.1) is 16.9 Å². The van der Waals surface area contributed by atoms with E-state index in [1.165, 1.54) is 4.90 Å². The summed E-state index contributed by atoms with van der Waals surface area (Å²) >= 11 is 6.13. The molecule has 0 fully saturated rings. The Bertz CT molecular complexity index is 1200. The highest BCUT2D eigenvalue weighted by Crippen LogP contribution is 2.39. The minimum absolute atomic E-state index is 0.163. The van der Waals surface area contributed by atoms with Gasteiger partial charge in [-0.3, -0.25) is 14.5 Å². The van der Waals surface area contributed by atoms with Gasteiger partial charge in [0.15, 0.2) is 0 Å². The Kier molecular flexibility index (Phi) is 5.13. The van der Waals surface area contributed by atoms with E-state index >= 15 is 0 Å². The molecule has 152 valence electrons. The topological polar surface area (TPSA) is 54.3 Å². The number of nitrogens with one attached hydrogen (secondary N) is 1. The second kappa shape index (κ2) is 7.76. The van der Waals surface area contributed by atoms with Crippen LogP contribution in [-0.2, 0) is 16.6 Å². The average molecular weight is 428 g/mol. The first kappa shape index (κ1) is 19.8. The molecule has 0 unspecified atom stereocenters. The van der Waals surface area contributed by atoms with Crippen molar-refractivity contribution in [1.29, 1.82) is 0 Å². The minimum Gasteiger partial charge on any atom is -0.351 e. The van der Waals surface area contributed by atoms with Crippen LogP contribution in [-0.4, -0.2) is 22.9 Å². The third-order valence-corrected chi connectivity index (χ3v) is 5.03. The van der Waals surface area contributed by atoms with E-state index in [0.29, 0.717) is 27.9 Å². The van der Waals surface area contributed by atoms with Crippen molar-refractivity contribution in [2.45, 2.75) is 0 Å². The first-order valence-corrected chi connectivity index (χ1v) is 9.41. The maximum absolute atomic E-state index is 13.8. The van der Waals surface area contributed by atoms with E-state index in [1.54, 1.807) is 24.3 Å². The number of anilines is 2. The number of aromatic nitrogens is 1. The molecule has 1 aromatic heterocycles. The Morgan fingerprint density at radius 3 is 2.67 bits per heavy atom. The fourth-order valence-corrected chi connectivity index (χ4v) is 3.49. The lowest BCUT2D eigenvalue weighted by atomic mass is 10.1. The number of halogens is 3. The van der Waals surface area contributed by atoms with Crippen molar-refractivity contribution >= 4 is 46.4 Å². The van der Waals surface area contributed by atoms with Crippen LogP contribution < -0.4 is 10.2 Å². The quantitative estimate of drug-likeness (QED) is 0.624. The Hall–Kier alpha value is -3.45. The summed E-state index contributed by atoms with van der Waals surface area (Å²) in [5.74, 6) is -2.63. The van der Waals surface area contributed by atoms with Gasteiger partial charge in [-0.15, -0.1) is 0 Å². The zero-order valence-electron chi connectivity index (χ0n) is 15.8. The third-order valence-electron chi connectivity index (χ3n) is 4.80. The van der Waals surface area contributed by atoms with Crippen LogP contribution in [0.4, 0.5) is 20.2 Å². The molecule has 5 nitrogen and oxygen atoms in total. The maximum Gasteiger partial charge on any atom is 0.259 e. The van der Waals surface area contributed by atoms with E-state index in [9.17, 15) is 18.4 Å². The molecule has 2 heterocycles. The van der Waals surface area contributed by atoms with Gasteiger partial charge in [-0.05, 0) is 48.5 Å². The van der Waals surface area contributed by atoms with Crippen molar-refractivity contribution in [3.63, 3.8) is 0 Å². The summed E-state index contributed by atoms with van der Waals surface area (Å²) in [6, 6.07) is 11.5. The lowest BCUT2D eigenvalue weighted by Gasteiger charge is -2.17. The molecular formula is C22H16ClF2N3O2. The molecule has 0 saturated carbocycles. The van der Waals surface area contributed by atoms with Gasteiger partial charge in [-0.2, -0.15) is 0 Å². The van der Waals surface area contributed by atoms with Crippen molar-refractivity contribution in [3.05, 3.63) is 82.6 Å². The Morgan fingerprint density at radius 1 is 1.17 bits per heavy atom. The minimum atomic E-state index is -0.896. The van der Waals surface area contributed by atoms with Crippen molar-refractivity contribution in [2.75, 3.05) is 16.8 Å². The molecule has 2 aromatic carbocycles. The van der Waals surface area contributed by atoms with Crippen molar-refractivity contribution < 1.29 is 18.4 Å². The molecule has 0 spiro atoms. The molecule has 0 radical (unpaired) electrons. The molecule has 0 aliphatic carbocycles. The van der Waals surface area contributed by atoms with E-state index in [0.717, 1.165) is 17.8 Å². The van der Waals surface area contributed by atoms with Crippen LogP contribution in [0.25, 0.3) is 11.6 Å². The van der Waals surface area contributed by atoms with Crippen LogP contribution in [0.2, 0.25) is 5.02 Å². The van der Waals surface area contributed by atoms with E-state index in [4.69, 9.17) is 11.6 Å². The summed E-state index contributed by atoms with van der Waals surface area (Å²) in [4.78, 5) is 26.9. The fourth-order valence-electron chi connectivity index (χ4n) is 3.32. The predicted octanol–water partition coefficient (Wildman–Crippen LogP) is 4.48. The van der Waals surface area contributed by atoms with Gasteiger partial charge < -0.3 is 9.88 Å². The average Bonchev–Trinajstić information content (AvgIpc) is 3.20. The standard InChI is InChI=1S/C22H16ClF2N3O2/c1-27-8-2-3-15(27)11-17-16-9-13(23)4-7-20(16)28(22(17)30)12-21(29)26-19-6-5-14(24)10-18(19)25/h2-11H,12H2,1H3,(H,26,29)/b17-11+. The van der Waals surface area contributed by atoms with E-state index in [-0.39, 0.29) is 18.1 Å². The molecule has 8 heteroatoms. The molecule has 2 amide bonds.